The maximum absolute atomic E-state index is 12.2. The maximum Gasteiger partial charge on any atom is 0.419 e. The van der Waals surface area contributed by atoms with Gasteiger partial charge in [-0.25, -0.2) is 4.79 Å². The number of hydrogen-bond acceptors (Lipinski definition) is 6. The van der Waals surface area contributed by atoms with Crippen molar-refractivity contribution in [3.8, 4) is 0 Å². The van der Waals surface area contributed by atoms with Crippen LogP contribution in [-0.2, 0) is 16.1 Å². The van der Waals surface area contributed by atoms with Gasteiger partial charge >= 0.3 is 5.76 Å². The molecule has 0 saturated heterocycles. The topological polar surface area (TPSA) is 111 Å². The number of anilines is 1. The Balaban J connectivity index is 1.56. The van der Waals surface area contributed by atoms with Crippen LogP contribution in [0.1, 0.15) is 12.2 Å². The van der Waals surface area contributed by atoms with Crippen molar-refractivity contribution in [1.29, 1.82) is 0 Å². The van der Waals surface area contributed by atoms with Crippen LogP contribution < -0.4 is 11.1 Å². The predicted molar refractivity (Wildman–Crippen MR) is 92.6 cm³/mol. The molecule has 136 valence electrons. The molecule has 0 aliphatic rings. The van der Waals surface area contributed by atoms with Crippen molar-refractivity contribution < 1.29 is 18.5 Å². The zero-order chi connectivity index (χ0) is 18.7. The molecule has 0 unspecified atom stereocenters. The Kier molecular flexibility index (Phi) is 4.87. The van der Waals surface area contributed by atoms with Crippen LogP contribution in [0.2, 0.25) is 0 Å². The smallest absolute Gasteiger partial charge is 0.408 e. The van der Waals surface area contributed by atoms with Crippen LogP contribution in [0.25, 0.3) is 11.1 Å². The monoisotopic (exact) mass is 358 g/mol. The summed E-state index contributed by atoms with van der Waals surface area (Å²) < 4.78 is 11.4. The first-order valence-electron chi connectivity index (χ1n) is 7.99. The average molecular weight is 358 g/mol. The van der Waals surface area contributed by atoms with E-state index in [1.165, 1.54) is 16.5 Å². The molecule has 1 aromatic carbocycles. The molecule has 9 heteroatoms. The van der Waals surface area contributed by atoms with E-state index in [0.717, 1.165) is 0 Å². The molecule has 0 aliphatic carbocycles. The van der Waals surface area contributed by atoms with E-state index in [0.29, 0.717) is 22.7 Å². The van der Waals surface area contributed by atoms with Gasteiger partial charge in [0.1, 0.15) is 5.76 Å². The van der Waals surface area contributed by atoms with Crippen molar-refractivity contribution in [2.75, 3.05) is 18.9 Å². The molecule has 0 bridgehead atoms. The maximum atomic E-state index is 12.2. The van der Waals surface area contributed by atoms with Crippen LogP contribution in [0.15, 0.2) is 44.1 Å². The number of carbonyl (C=O) groups is 2. The average Bonchev–Trinajstić information content (AvgIpc) is 3.14. The lowest BCUT2D eigenvalue weighted by Gasteiger charge is -2.16. The van der Waals surface area contributed by atoms with Gasteiger partial charge in [0.05, 0.1) is 12.1 Å². The van der Waals surface area contributed by atoms with Gasteiger partial charge in [0.15, 0.2) is 11.4 Å². The number of nitrogens with zero attached hydrogens (tertiary/aromatic N) is 3. The SMILES string of the molecule is Cc1cc(NC(=O)CN(C)C(=O)CCn2c(=O)oc3ccccc32)no1. The molecular weight excluding hydrogens is 340 g/mol. The number of carbonyl (C=O) groups excluding carboxylic acids is 2. The Bertz CT molecular complexity index is 1000. The summed E-state index contributed by atoms with van der Waals surface area (Å²) >= 11 is 0. The minimum absolute atomic E-state index is 0.0658. The number of fused-ring (bicyclic) bond motifs is 1. The molecule has 0 atom stereocenters. The first-order chi connectivity index (χ1) is 12.4. The fourth-order valence-corrected chi connectivity index (χ4v) is 2.54. The second-order valence-electron chi connectivity index (χ2n) is 5.86. The van der Waals surface area contributed by atoms with Crippen molar-refractivity contribution in [3.63, 3.8) is 0 Å². The molecular formula is C17H18N4O5. The van der Waals surface area contributed by atoms with E-state index < -0.39 is 5.76 Å². The lowest BCUT2D eigenvalue weighted by Crippen LogP contribution is -2.35. The standard InChI is InChI=1S/C17H18N4O5/c1-11-9-14(19-26-11)18-15(22)10-20(2)16(23)7-8-21-12-5-3-4-6-13(12)25-17(21)24/h3-6,9H,7-8,10H2,1-2H3,(H,18,19,22). The Morgan fingerprint density at radius 3 is 2.81 bits per heavy atom. The third-order valence-electron chi connectivity index (χ3n) is 3.82. The molecule has 2 amide bonds. The predicted octanol–water partition coefficient (Wildman–Crippen LogP) is 1.38. The van der Waals surface area contributed by atoms with Gasteiger partial charge in [-0.2, -0.15) is 0 Å². The molecule has 0 saturated carbocycles. The molecule has 2 heterocycles. The largest absolute Gasteiger partial charge is 0.419 e. The van der Waals surface area contributed by atoms with Crippen LogP contribution >= 0.6 is 0 Å². The van der Waals surface area contributed by atoms with E-state index in [1.807, 2.05) is 0 Å². The normalized spacial score (nSPS) is 10.8. The zero-order valence-electron chi connectivity index (χ0n) is 14.4. The summed E-state index contributed by atoms with van der Waals surface area (Å²) in [6.07, 6.45) is 0.0658. The highest BCUT2D eigenvalue weighted by Gasteiger charge is 2.16. The molecule has 1 N–H and O–H groups in total. The number of aromatic nitrogens is 2. The number of benzene rings is 1. The molecule has 0 spiro atoms. The van der Waals surface area contributed by atoms with Crippen LogP contribution in [0.4, 0.5) is 5.82 Å². The second kappa shape index (κ2) is 7.26. The van der Waals surface area contributed by atoms with Crippen LogP contribution in [0.3, 0.4) is 0 Å². The molecule has 3 rings (SSSR count). The highest BCUT2D eigenvalue weighted by atomic mass is 16.5. The fourth-order valence-electron chi connectivity index (χ4n) is 2.54. The Hall–Kier alpha value is -3.36. The van der Waals surface area contributed by atoms with E-state index in [9.17, 15) is 14.4 Å². The third-order valence-corrected chi connectivity index (χ3v) is 3.82. The van der Waals surface area contributed by atoms with E-state index in [-0.39, 0.29) is 31.3 Å². The Morgan fingerprint density at radius 2 is 2.08 bits per heavy atom. The van der Waals surface area contributed by atoms with Gasteiger partial charge < -0.3 is 19.2 Å². The highest BCUT2D eigenvalue weighted by Crippen LogP contribution is 2.12. The molecule has 0 aliphatic heterocycles. The van der Waals surface area contributed by atoms with E-state index in [4.69, 9.17) is 8.94 Å². The van der Waals surface area contributed by atoms with Crippen LogP contribution in [-0.4, -0.2) is 40.0 Å². The molecule has 3 aromatic rings. The van der Waals surface area contributed by atoms with Crippen LogP contribution in [0, 0.1) is 6.92 Å². The zero-order valence-corrected chi connectivity index (χ0v) is 14.4. The molecule has 9 nitrogen and oxygen atoms in total. The highest BCUT2D eigenvalue weighted by molar-refractivity contribution is 5.93. The first-order valence-corrected chi connectivity index (χ1v) is 7.99. The summed E-state index contributed by atoms with van der Waals surface area (Å²) in [6, 6.07) is 8.58. The van der Waals surface area contributed by atoms with Crippen LogP contribution in [0.5, 0.6) is 0 Å². The van der Waals surface area contributed by atoms with E-state index in [2.05, 4.69) is 10.5 Å². The van der Waals surface area contributed by atoms with Crippen molar-refractivity contribution >= 4 is 28.7 Å². The molecule has 0 radical (unpaired) electrons. The van der Waals surface area contributed by atoms with Gasteiger partial charge in [-0.05, 0) is 19.1 Å². The number of likely N-dealkylation sites (N-methyl/N-ethyl adjacent to an activating group) is 1. The van der Waals surface area contributed by atoms with Gasteiger partial charge in [0, 0.05) is 26.1 Å². The van der Waals surface area contributed by atoms with Gasteiger partial charge in [-0.1, -0.05) is 17.3 Å². The minimum atomic E-state index is -0.513. The van der Waals surface area contributed by atoms with Crippen molar-refractivity contribution in [3.05, 3.63) is 46.6 Å². The van der Waals surface area contributed by atoms with Gasteiger partial charge in [0.2, 0.25) is 11.8 Å². The second-order valence-corrected chi connectivity index (χ2v) is 5.86. The number of oxazole rings is 1. The summed E-state index contributed by atoms with van der Waals surface area (Å²) in [5, 5.41) is 6.20. The number of hydrogen-bond donors (Lipinski definition) is 1. The summed E-state index contributed by atoms with van der Waals surface area (Å²) in [5.74, 6) is -0.304. The number of rotatable bonds is 6. The summed E-state index contributed by atoms with van der Waals surface area (Å²) in [6.45, 7) is 1.74. The lowest BCUT2D eigenvalue weighted by molar-refractivity contribution is -0.133. The third kappa shape index (κ3) is 3.82. The summed E-state index contributed by atoms with van der Waals surface area (Å²) in [4.78, 5) is 37.4. The number of aryl methyl sites for hydroxylation is 2. The Labute approximate surface area is 148 Å². The van der Waals surface area contributed by atoms with Gasteiger partial charge in [-0.3, -0.25) is 14.2 Å². The first kappa shape index (κ1) is 17.5. The van der Waals surface area contributed by atoms with Crippen molar-refractivity contribution in [2.45, 2.75) is 19.9 Å². The molecule has 2 aromatic heterocycles. The quantitative estimate of drug-likeness (QED) is 0.713. The van der Waals surface area contributed by atoms with E-state index >= 15 is 0 Å². The van der Waals surface area contributed by atoms with E-state index in [1.54, 1.807) is 37.3 Å². The Morgan fingerprint density at radius 1 is 1.31 bits per heavy atom. The number of para-hydroxylation sites is 2. The lowest BCUT2D eigenvalue weighted by atomic mass is 10.3. The van der Waals surface area contributed by atoms with Crippen molar-refractivity contribution in [1.82, 2.24) is 14.6 Å². The fraction of sp³-hybridized carbons (Fsp3) is 0.294. The van der Waals surface area contributed by atoms with Gasteiger partial charge in [0.25, 0.3) is 0 Å². The summed E-state index contributed by atoms with van der Waals surface area (Å²) in [7, 11) is 1.52. The number of amides is 2. The van der Waals surface area contributed by atoms with Gasteiger partial charge in [-0.15, -0.1) is 0 Å². The van der Waals surface area contributed by atoms with Crippen molar-refractivity contribution in [2.24, 2.45) is 0 Å². The molecule has 0 fully saturated rings. The number of nitrogens with one attached hydrogen (secondary N) is 1. The summed E-state index contributed by atoms with van der Waals surface area (Å²) in [5.41, 5.74) is 1.10. The molecule has 26 heavy (non-hydrogen) atoms. The minimum Gasteiger partial charge on any atom is -0.408 e.